The van der Waals surface area contributed by atoms with Crippen molar-refractivity contribution in [1.29, 1.82) is 0 Å². The monoisotopic (exact) mass is 593 g/mol. The van der Waals surface area contributed by atoms with Gasteiger partial charge in [-0.1, -0.05) is 25.1 Å². The smallest absolute Gasteiger partial charge is 0.175 e. The second-order valence-corrected chi connectivity index (χ2v) is 11.8. The number of phenols is 1. The average molecular weight is 594 g/mol. The highest BCUT2D eigenvalue weighted by molar-refractivity contribution is 7.90. The molecule has 0 spiro atoms. The summed E-state index contributed by atoms with van der Waals surface area (Å²) in [6.07, 6.45) is 0.934. The zero-order valence-electron chi connectivity index (χ0n) is 24.6. The second kappa shape index (κ2) is 14.5. The van der Waals surface area contributed by atoms with Gasteiger partial charge in [-0.2, -0.15) is 0 Å². The molecule has 0 aliphatic rings. The van der Waals surface area contributed by atoms with Crippen molar-refractivity contribution >= 4 is 20.6 Å². The fraction of sp³-hybridized carbons (Fsp3) is 0.333. The normalized spacial score (nSPS) is 11.9. The minimum absolute atomic E-state index is 0.160. The first kappa shape index (κ1) is 31.3. The molecule has 4 aromatic carbocycles. The summed E-state index contributed by atoms with van der Waals surface area (Å²) in [7, 11) is -3.31. The number of sulfone groups is 1. The average Bonchev–Trinajstić information content (AvgIpc) is 2.97. The second-order valence-electron chi connectivity index (χ2n) is 9.80. The predicted molar refractivity (Wildman–Crippen MR) is 165 cm³/mol. The predicted octanol–water partition coefficient (Wildman–Crippen LogP) is 6.51. The molecule has 9 heteroatoms. The molecule has 1 N–H and O–H groups in total. The third-order valence-electron chi connectivity index (χ3n) is 6.83. The molecule has 0 atom stereocenters. The Morgan fingerprint density at radius 2 is 1.50 bits per heavy atom. The molecule has 0 fully saturated rings. The summed E-state index contributed by atoms with van der Waals surface area (Å²) in [4.78, 5) is 2.48. The van der Waals surface area contributed by atoms with Gasteiger partial charge < -0.3 is 24.1 Å². The van der Waals surface area contributed by atoms with Gasteiger partial charge in [0.05, 0.1) is 4.90 Å². The lowest BCUT2D eigenvalue weighted by Gasteiger charge is -2.26. The third-order valence-corrected chi connectivity index (χ3v) is 7.96. The Kier molecular flexibility index (Phi) is 10.8. The quantitative estimate of drug-likeness (QED) is 0.156. The van der Waals surface area contributed by atoms with Crippen molar-refractivity contribution in [3.05, 3.63) is 78.9 Å². The largest absolute Gasteiger partial charge is 0.508 e. The van der Waals surface area contributed by atoms with Crippen molar-refractivity contribution in [3.63, 3.8) is 0 Å². The number of ether oxygens (including phenoxy) is 4. The van der Waals surface area contributed by atoms with E-state index >= 15 is 0 Å². The van der Waals surface area contributed by atoms with E-state index in [1.165, 1.54) is 6.26 Å². The minimum Gasteiger partial charge on any atom is -0.508 e. The van der Waals surface area contributed by atoms with E-state index in [4.69, 9.17) is 18.9 Å². The van der Waals surface area contributed by atoms with Crippen LogP contribution in [0.4, 0.5) is 0 Å². The number of nitrogens with zero attached hydrogens (tertiary/aromatic N) is 1. The number of aromatic hydroxyl groups is 1. The van der Waals surface area contributed by atoms with Crippen LogP contribution in [0.25, 0.3) is 21.9 Å². The van der Waals surface area contributed by atoms with E-state index in [9.17, 15) is 13.5 Å². The molecule has 42 heavy (non-hydrogen) atoms. The van der Waals surface area contributed by atoms with Gasteiger partial charge in [-0.25, -0.2) is 8.42 Å². The lowest BCUT2D eigenvalue weighted by molar-refractivity contribution is -0.147. The summed E-state index contributed by atoms with van der Waals surface area (Å²) in [6, 6.07) is 23.1. The van der Waals surface area contributed by atoms with E-state index in [-0.39, 0.29) is 16.9 Å². The van der Waals surface area contributed by atoms with E-state index in [1.54, 1.807) is 36.4 Å². The van der Waals surface area contributed by atoms with Gasteiger partial charge >= 0.3 is 0 Å². The standard InChI is InChI=1S/C33H39NO7S/c1-5-34(23-32(38-6-2)39-7-3)20-21-40-27-12-14-28(15-13-27)41-33-30(18-10-25-22-26(35)11-19-31(25)33)24-8-16-29(17-9-24)42(4,36)37/h8-19,22,32,35H,5-7,20-21,23H2,1-4H3. The molecule has 0 saturated heterocycles. The van der Waals surface area contributed by atoms with Crippen LogP contribution in [0.5, 0.6) is 23.0 Å². The molecule has 4 rings (SSSR count). The Balaban J connectivity index is 1.50. The highest BCUT2D eigenvalue weighted by Crippen LogP contribution is 2.41. The minimum atomic E-state index is -3.31. The van der Waals surface area contributed by atoms with Crippen LogP contribution >= 0.6 is 0 Å². The number of benzene rings is 4. The van der Waals surface area contributed by atoms with Crippen molar-refractivity contribution in [2.45, 2.75) is 32.0 Å². The molecule has 0 radical (unpaired) electrons. The van der Waals surface area contributed by atoms with Crippen LogP contribution in [0.2, 0.25) is 0 Å². The molecule has 0 bridgehead atoms. The van der Waals surface area contributed by atoms with Gasteiger partial charge in [-0.3, -0.25) is 4.90 Å². The molecule has 0 unspecified atom stereocenters. The van der Waals surface area contributed by atoms with Gasteiger partial charge in [0.25, 0.3) is 0 Å². The van der Waals surface area contributed by atoms with Gasteiger partial charge in [-0.15, -0.1) is 0 Å². The van der Waals surface area contributed by atoms with E-state index in [1.807, 2.05) is 56.3 Å². The number of hydrogen-bond acceptors (Lipinski definition) is 8. The van der Waals surface area contributed by atoms with Crippen LogP contribution in [0, 0.1) is 0 Å². The van der Waals surface area contributed by atoms with Gasteiger partial charge in [0.15, 0.2) is 16.1 Å². The fourth-order valence-corrected chi connectivity index (χ4v) is 5.27. The zero-order valence-corrected chi connectivity index (χ0v) is 25.4. The lowest BCUT2D eigenvalue weighted by Crippen LogP contribution is -2.38. The maximum atomic E-state index is 12.0. The first-order valence-corrected chi connectivity index (χ1v) is 16.0. The highest BCUT2D eigenvalue weighted by atomic mass is 32.2. The van der Waals surface area contributed by atoms with E-state index in [0.29, 0.717) is 37.9 Å². The molecule has 0 aliphatic carbocycles. The summed E-state index contributed by atoms with van der Waals surface area (Å²) in [5, 5.41) is 11.7. The van der Waals surface area contributed by atoms with Crippen molar-refractivity contribution in [2.75, 3.05) is 45.7 Å². The van der Waals surface area contributed by atoms with E-state index in [2.05, 4.69) is 11.8 Å². The zero-order chi connectivity index (χ0) is 30.1. The molecule has 0 amide bonds. The van der Waals surface area contributed by atoms with Crippen LogP contribution < -0.4 is 9.47 Å². The highest BCUT2D eigenvalue weighted by Gasteiger charge is 2.16. The SMILES string of the molecule is CCOC(CN(CC)CCOc1ccc(Oc2c(-c3ccc(S(C)(=O)=O)cc3)ccc3cc(O)ccc23)cc1)OCC. The summed E-state index contributed by atoms with van der Waals surface area (Å²) < 4.78 is 47.7. The molecule has 0 aliphatic heterocycles. The fourth-order valence-electron chi connectivity index (χ4n) is 4.64. The molecular weight excluding hydrogens is 554 g/mol. The maximum Gasteiger partial charge on any atom is 0.175 e. The Labute approximate surface area is 248 Å². The van der Waals surface area contributed by atoms with Crippen molar-refractivity contribution in [2.24, 2.45) is 0 Å². The van der Waals surface area contributed by atoms with Crippen LogP contribution in [-0.4, -0.2) is 70.4 Å². The number of hydrogen-bond donors (Lipinski definition) is 1. The Bertz CT molecular complexity index is 1550. The Morgan fingerprint density at radius 1 is 0.833 bits per heavy atom. The van der Waals surface area contributed by atoms with Gasteiger partial charge in [0.1, 0.15) is 29.6 Å². The van der Waals surface area contributed by atoms with Gasteiger partial charge in [0.2, 0.25) is 0 Å². The molecule has 0 saturated carbocycles. The number of phenolic OH excluding ortho intramolecular Hbond substituents is 1. The molecular formula is C33H39NO7S. The van der Waals surface area contributed by atoms with E-state index < -0.39 is 9.84 Å². The Morgan fingerprint density at radius 3 is 2.12 bits per heavy atom. The number of rotatable bonds is 15. The lowest BCUT2D eigenvalue weighted by atomic mass is 9.99. The van der Waals surface area contributed by atoms with Crippen LogP contribution in [0.1, 0.15) is 20.8 Å². The maximum absolute atomic E-state index is 12.0. The summed E-state index contributed by atoms with van der Waals surface area (Å²) in [5.41, 5.74) is 1.61. The van der Waals surface area contributed by atoms with Crippen LogP contribution in [0.3, 0.4) is 0 Å². The van der Waals surface area contributed by atoms with E-state index in [0.717, 1.165) is 40.7 Å². The number of fused-ring (bicyclic) bond motifs is 1. The first-order valence-electron chi connectivity index (χ1n) is 14.1. The van der Waals surface area contributed by atoms with Gasteiger partial charge in [-0.05, 0) is 92.0 Å². The van der Waals surface area contributed by atoms with Crippen molar-refractivity contribution in [1.82, 2.24) is 4.90 Å². The molecule has 8 nitrogen and oxygen atoms in total. The molecule has 4 aromatic rings. The van der Waals surface area contributed by atoms with Crippen LogP contribution in [-0.2, 0) is 19.3 Å². The molecule has 224 valence electrons. The molecule has 0 heterocycles. The summed E-state index contributed by atoms with van der Waals surface area (Å²) in [5.74, 6) is 2.10. The van der Waals surface area contributed by atoms with Crippen molar-refractivity contribution < 1.29 is 32.5 Å². The molecule has 0 aromatic heterocycles. The number of likely N-dealkylation sites (N-methyl/N-ethyl adjacent to an activating group) is 1. The van der Waals surface area contributed by atoms with Gasteiger partial charge in [0, 0.05) is 43.5 Å². The summed E-state index contributed by atoms with van der Waals surface area (Å²) in [6.45, 7) is 10.0. The first-order chi connectivity index (χ1) is 20.2. The van der Waals surface area contributed by atoms with Crippen LogP contribution in [0.15, 0.2) is 83.8 Å². The topological polar surface area (TPSA) is 94.5 Å². The third kappa shape index (κ3) is 8.23. The van der Waals surface area contributed by atoms with Crippen molar-refractivity contribution in [3.8, 4) is 34.1 Å². The summed E-state index contributed by atoms with van der Waals surface area (Å²) >= 11 is 0. The Hall–Kier alpha value is -3.63.